The number of para-hydroxylation sites is 2. The van der Waals surface area contributed by atoms with E-state index >= 15 is 0 Å². The van der Waals surface area contributed by atoms with Gasteiger partial charge in [0.05, 0.1) is 24.4 Å². The molecule has 1 unspecified atom stereocenters. The molecule has 1 saturated heterocycles. The van der Waals surface area contributed by atoms with E-state index in [1.54, 1.807) is 7.11 Å². The van der Waals surface area contributed by atoms with Gasteiger partial charge in [-0.1, -0.05) is 42.5 Å². The maximum atomic E-state index is 5.69. The maximum absolute atomic E-state index is 5.69. The fourth-order valence-corrected chi connectivity index (χ4v) is 3.79. The zero-order valence-electron chi connectivity index (χ0n) is 15.2. The lowest BCUT2D eigenvalue weighted by Crippen LogP contribution is -2.33. The van der Waals surface area contributed by atoms with Crippen LogP contribution in [0.15, 0.2) is 60.7 Å². The Morgan fingerprint density at radius 2 is 1.81 bits per heavy atom. The maximum Gasteiger partial charge on any atom is 0.124 e. The van der Waals surface area contributed by atoms with Crippen LogP contribution in [-0.2, 0) is 0 Å². The second-order valence-corrected chi connectivity index (χ2v) is 6.71. The van der Waals surface area contributed by atoms with Gasteiger partial charge in [0.2, 0.25) is 0 Å². The zero-order chi connectivity index (χ0) is 17.8. The first-order valence-electron chi connectivity index (χ1n) is 9.30. The first-order chi connectivity index (χ1) is 12.9. The standard InChI is InChI=1S/C22H25N3O/c1-26-21-10-5-3-8-18(21)22(25-15-6-13-23-14-16-25)20-12-11-17-7-2-4-9-19(17)24-20/h2-5,7-12,22-23H,6,13-16H2,1H3. The van der Waals surface area contributed by atoms with Gasteiger partial charge in [0.15, 0.2) is 0 Å². The predicted molar refractivity (Wildman–Crippen MR) is 106 cm³/mol. The van der Waals surface area contributed by atoms with Gasteiger partial charge < -0.3 is 10.1 Å². The summed E-state index contributed by atoms with van der Waals surface area (Å²) in [6, 6.07) is 21.1. The van der Waals surface area contributed by atoms with E-state index in [0.717, 1.165) is 49.6 Å². The van der Waals surface area contributed by atoms with Crippen LogP contribution in [0.5, 0.6) is 5.75 Å². The highest BCUT2D eigenvalue weighted by Gasteiger charge is 2.27. The summed E-state index contributed by atoms with van der Waals surface area (Å²) < 4.78 is 5.69. The molecule has 0 radical (unpaired) electrons. The van der Waals surface area contributed by atoms with E-state index in [0.29, 0.717) is 0 Å². The van der Waals surface area contributed by atoms with Gasteiger partial charge in [-0.05, 0) is 31.2 Å². The fourth-order valence-electron chi connectivity index (χ4n) is 3.79. The Bertz CT molecular complexity index is 872. The van der Waals surface area contributed by atoms with Crippen molar-refractivity contribution < 1.29 is 4.74 Å². The molecule has 2 heterocycles. The lowest BCUT2D eigenvalue weighted by Gasteiger charge is -2.31. The third-order valence-corrected chi connectivity index (χ3v) is 5.07. The van der Waals surface area contributed by atoms with Gasteiger partial charge in [0, 0.05) is 30.6 Å². The molecule has 1 fully saturated rings. The van der Waals surface area contributed by atoms with Crippen molar-refractivity contribution >= 4 is 10.9 Å². The van der Waals surface area contributed by atoms with Gasteiger partial charge in [-0.25, -0.2) is 0 Å². The second kappa shape index (κ2) is 7.85. The van der Waals surface area contributed by atoms with Crippen LogP contribution in [0.25, 0.3) is 10.9 Å². The summed E-state index contributed by atoms with van der Waals surface area (Å²) in [5.41, 5.74) is 3.30. The molecule has 26 heavy (non-hydrogen) atoms. The highest BCUT2D eigenvalue weighted by molar-refractivity contribution is 5.78. The monoisotopic (exact) mass is 347 g/mol. The molecule has 4 rings (SSSR count). The van der Waals surface area contributed by atoms with Crippen LogP contribution in [0.2, 0.25) is 0 Å². The lowest BCUT2D eigenvalue weighted by atomic mass is 9.99. The molecule has 3 aromatic rings. The Balaban J connectivity index is 1.83. The molecule has 0 spiro atoms. The van der Waals surface area contributed by atoms with Gasteiger partial charge in [-0.2, -0.15) is 0 Å². The van der Waals surface area contributed by atoms with Crippen LogP contribution < -0.4 is 10.1 Å². The number of hydrogen-bond donors (Lipinski definition) is 1. The van der Waals surface area contributed by atoms with E-state index in [4.69, 9.17) is 9.72 Å². The number of aromatic nitrogens is 1. The quantitative estimate of drug-likeness (QED) is 0.782. The minimum Gasteiger partial charge on any atom is -0.496 e. The van der Waals surface area contributed by atoms with Crippen molar-refractivity contribution in [2.45, 2.75) is 12.5 Å². The van der Waals surface area contributed by atoms with Gasteiger partial charge in [0.1, 0.15) is 5.75 Å². The number of rotatable bonds is 4. The minimum atomic E-state index is 0.0932. The lowest BCUT2D eigenvalue weighted by molar-refractivity contribution is 0.233. The van der Waals surface area contributed by atoms with Gasteiger partial charge in [-0.15, -0.1) is 0 Å². The molecule has 4 nitrogen and oxygen atoms in total. The van der Waals surface area contributed by atoms with E-state index in [-0.39, 0.29) is 6.04 Å². The molecule has 0 amide bonds. The number of methoxy groups -OCH3 is 1. The van der Waals surface area contributed by atoms with E-state index < -0.39 is 0 Å². The first kappa shape index (κ1) is 17.0. The molecule has 1 N–H and O–H groups in total. The molecule has 1 aromatic heterocycles. The molecule has 0 aliphatic carbocycles. The summed E-state index contributed by atoms with van der Waals surface area (Å²) in [6.07, 6.45) is 1.14. The Morgan fingerprint density at radius 1 is 0.962 bits per heavy atom. The molecule has 0 saturated carbocycles. The van der Waals surface area contributed by atoms with Crippen molar-refractivity contribution in [3.05, 3.63) is 71.9 Å². The number of hydrogen-bond acceptors (Lipinski definition) is 4. The molecular weight excluding hydrogens is 322 g/mol. The van der Waals surface area contributed by atoms with Crippen molar-refractivity contribution in [2.24, 2.45) is 0 Å². The van der Waals surface area contributed by atoms with Crippen molar-refractivity contribution in [3.8, 4) is 5.75 Å². The topological polar surface area (TPSA) is 37.4 Å². The molecular formula is C22H25N3O. The third kappa shape index (κ3) is 3.43. The summed E-state index contributed by atoms with van der Waals surface area (Å²) in [7, 11) is 1.74. The van der Waals surface area contributed by atoms with Crippen LogP contribution in [0.3, 0.4) is 0 Å². The molecule has 1 aliphatic heterocycles. The van der Waals surface area contributed by atoms with Crippen molar-refractivity contribution in [2.75, 3.05) is 33.3 Å². The van der Waals surface area contributed by atoms with Crippen molar-refractivity contribution in [1.82, 2.24) is 15.2 Å². The Labute approximate surface area is 154 Å². The second-order valence-electron chi connectivity index (χ2n) is 6.71. The Hall–Kier alpha value is -2.43. The Morgan fingerprint density at radius 3 is 2.73 bits per heavy atom. The normalized spacial score (nSPS) is 17.0. The Kier molecular flexibility index (Phi) is 5.14. The van der Waals surface area contributed by atoms with Crippen LogP contribution in [-0.4, -0.2) is 43.2 Å². The fraction of sp³-hybridized carbons (Fsp3) is 0.318. The van der Waals surface area contributed by atoms with Crippen molar-refractivity contribution in [3.63, 3.8) is 0 Å². The summed E-state index contributed by atoms with van der Waals surface area (Å²) in [6.45, 7) is 4.11. The molecule has 134 valence electrons. The van der Waals surface area contributed by atoms with Gasteiger partial charge in [0.25, 0.3) is 0 Å². The minimum absolute atomic E-state index is 0.0932. The van der Waals surface area contributed by atoms with Gasteiger partial charge >= 0.3 is 0 Å². The molecule has 1 atom stereocenters. The SMILES string of the molecule is COc1ccccc1C(c1ccc2ccccc2n1)N1CCCNCC1. The van der Waals surface area contributed by atoms with E-state index in [2.05, 4.69) is 52.7 Å². The summed E-state index contributed by atoms with van der Waals surface area (Å²) >= 11 is 0. The zero-order valence-corrected chi connectivity index (χ0v) is 15.2. The number of benzene rings is 2. The molecule has 2 aromatic carbocycles. The summed E-state index contributed by atoms with van der Waals surface area (Å²) in [5.74, 6) is 0.921. The number of pyridine rings is 1. The van der Waals surface area contributed by atoms with Crippen LogP contribution in [0.4, 0.5) is 0 Å². The average Bonchev–Trinajstić information content (AvgIpc) is 2.98. The van der Waals surface area contributed by atoms with E-state index in [9.17, 15) is 0 Å². The summed E-state index contributed by atoms with van der Waals surface area (Å²) in [4.78, 5) is 7.54. The smallest absolute Gasteiger partial charge is 0.124 e. The number of nitrogens with zero attached hydrogens (tertiary/aromatic N) is 2. The molecule has 1 aliphatic rings. The number of fused-ring (bicyclic) bond motifs is 1. The highest BCUT2D eigenvalue weighted by Crippen LogP contribution is 2.34. The van der Waals surface area contributed by atoms with E-state index in [1.165, 1.54) is 10.9 Å². The largest absolute Gasteiger partial charge is 0.496 e. The van der Waals surface area contributed by atoms with Crippen LogP contribution in [0, 0.1) is 0 Å². The number of ether oxygens (including phenoxy) is 1. The molecule has 4 heteroatoms. The number of nitrogens with one attached hydrogen (secondary N) is 1. The van der Waals surface area contributed by atoms with Gasteiger partial charge in [-0.3, -0.25) is 9.88 Å². The average molecular weight is 347 g/mol. The predicted octanol–water partition coefficient (Wildman–Crippen LogP) is 3.63. The molecule has 0 bridgehead atoms. The van der Waals surface area contributed by atoms with Crippen molar-refractivity contribution in [1.29, 1.82) is 0 Å². The van der Waals surface area contributed by atoms with Crippen LogP contribution in [0.1, 0.15) is 23.7 Å². The van der Waals surface area contributed by atoms with Crippen LogP contribution >= 0.6 is 0 Å². The summed E-state index contributed by atoms with van der Waals surface area (Å²) in [5, 5.41) is 4.67. The highest BCUT2D eigenvalue weighted by atomic mass is 16.5. The first-order valence-corrected chi connectivity index (χ1v) is 9.30. The van der Waals surface area contributed by atoms with E-state index in [1.807, 2.05) is 18.2 Å². The third-order valence-electron chi connectivity index (χ3n) is 5.07.